The van der Waals surface area contributed by atoms with Crippen LogP contribution in [0.15, 0.2) is 0 Å². The second-order valence-electron chi connectivity index (χ2n) is 3.31. The van der Waals surface area contributed by atoms with E-state index in [2.05, 4.69) is 28.8 Å². The predicted octanol–water partition coefficient (Wildman–Crippen LogP) is 1.73. The molecule has 0 aliphatic rings. The molecular formula is C9H16ClN5. The van der Waals surface area contributed by atoms with Crippen LogP contribution in [0.25, 0.3) is 0 Å². The zero-order valence-corrected chi connectivity index (χ0v) is 9.99. The number of rotatable bonds is 4. The molecule has 0 bridgehead atoms. The molecule has 0 fully saturated rings. The van der Waals surface area contributed by atoms with Crippen molar-refractivity contribution in [1.82, 2.24) is 15.0 Å². The van der Waals surface area contributed by atoms with Gasteiger partial charge in [-0.25, -0.2) is 0 Å². The lowest BCUT2D eigenvalue weighted by molar-refractivity contribution is 0.614. The van der Waals surface area contributed by atoms with Gasteiger partial charge in [-0.05, 0) is 31.9 Å². The summed E-state index contributed by atoms with van der Waals surface area (Å²) in [4.78, 5) is 13.9. The molecule has 5 nitrogen and oxygen atoms in total. The summed E-state index contributed by atoms with van der Waals surface area (Å²) in [6.07, 6.45) is 1.01. The number of nitrogen functional groups attached to an aromatic ring is 1. The van der Waals surface area contributed by atoms with Crippen LogP contribution in [-0.4, -0.2) is 27.5 Å². The zero-order valence-electron chi connectivity index (χ0n) is 9.24. The summed E-state index contributed by atoms with van der Waals surface area (Å²) in [5.41, 5.74) is 5.52. The fraction of sp³-hybridized carbons (Fsp3) is 0.667. The van der Waals surface area contributed by atoms with Crippen molar-refractivity contribution < 1.29 is 0 Å². The second kappa shape index (κ2) is 5.11. The van der Waals surface area contributed by atoms with E-state index in [1.807, 2.05) is 11.8 Å². The Labute approximate surface area is 94.7 Å². The molecule has 1 heterocycles. The molecule has 0 aromatic carbocycles. The minimum Gasteiger partial charge on any atom is -0.368 e. The van der Waals surface area contributed by atoms with E-state index in [1.54, 1.807) is 0 Å². The average Bonchev–Trinajstić information content (AvgIpc) is 2.17. The lowest BCUT2D eigenvalue weighted by atomic mass is 10.2. The molecule has 2 N–H and O–H groups in total. The SMILES string of the molecule is CCC(C)N(CC)c1nc(N)nc(Cl)n1. The van der Waals surface area contributed by atoms with E-state index in [0.717, 1.165) is 13.0 Å². The molecule has 0 spiro atoms. The van der Waals surface area contributed by atoms with Crippen LogP contribution >= 0.6 is 11.6 Å². The molecule has 0 amide bonds. The number of hydrogen-bond donors (Lipinski definition) is 1. The van der Waals surface area contributed by atoms with Crippen LogP contribution in [0.4, 0.5) is 11.9 Å². The van der Waals surface area contributed by atoms with Crippen molar-refractivity contribution >= 4 is 23.5 Å². The van der Waals surface area contributed by atoms with Gasteiger partial charge < -0.3 is 10.6 Å². The van der Waals surface area contributed by atoms with Gasteiger partial charge >= 0.3 is 0 Å². The van der Waals surface area contributed by atoms with E-state index in [9.17, 15) is 0 Å². The van der Waals surface area contributed by atoms with Crippen LogP contribution in [0.3, 0.4) is 0 Å². The molecule has 0 radical (unpaired) electrons. The zero-order chi connectivity index (χ0) is 11.4. The highest BCUT2D eigenvalue weighted by Crippen LogP contribution is 2.15. The molecular weight excluding hydrogens is 214 g/mol. The van der Waals surface area contributed by atoms with Gasteiger partial charge in [-0.3, -0.25) is 0 Å². The Kier molecular flexibility index (Phi) is 4.08. The number of aromatic nitrogens is 3. The van der Waals surface area contributed by atoms with Gasteiger partial charge in [-0.1, -0.05) is 6.92 Å². The number of nitrogens with two attached hydrogens (primary N) is 1. The maximum atomic E-state index is 5.73. The average molecular weight is 230 g/mol. The third kappa shape index (κ3) is 2.92. The summed E-state index contributed by atoms with van der Waals surface area (Å²) in [5.74, 6) is 0.705. The first-order chi connectivity index (χ1) is 7.08. The molecule has 15 heavy (non-hydrogen) atoms. The highest BCUT2D eigenvalue weighted by Gasteiger charge is 2.15. The second-order valence-corrected chi connectivity index (χ2v) is 3.64. The summed E-state index contributed by atoms with van der Waals surface area (Å²) in [5, 5.41) is 0.138. The first-order valence-electron chi connectivity index (χ1n) is 5.02. The summed E-state index contributed by atoms with van der Waals surface area (Å²) >= 11 is 5.73. The van der Waals surface area contributed by atoms with Gasteiger partial charge in [0.1, 0.15) is 0 Å². The summed E-state index contributed by atoms with van der Waals surface area (Å²) in [7, 11) is 0. The van der Waals surface area contributed by atoms with Gasteiger partial charge in [-0.2, -0.15) is 15.0 Å². The van der Waals surface area contributed by atoms with Crippen molar-refractivity contribution in [3.05, 3.63) is 5.28 Å². The number of hydrogen-bond acceptors (Lipinski definition) is 5. The number of nitrogens with zero attached hydrogens (tertiary/aromatic N) is 4. The minimum atomic E-state index is 0.138. The Morgan fingerprint density at radius 1 is 1.33 bits per heavy atom. The van der Waals surface area contributed by atoms with Crippen LogP contribution in [0.1, 0.15) is 27.2 Å². The van der Waals surface area contributed by atoms with Crippen LogP contribution in [0.2, 0.25) is 5.28 Å². The third-order valence-electron chi connectivity index (χ3n) is 2.33. The fourth-order valence-electron chi connectivity index (χ4n) is 1.35. The molecule has 0 aliphatic heterocycles. The number of anilines is 2. The first-order valence-corrected chi connectivity index (χ1v) is 5.40. The molecule has 6 heteroatoms. The molecule has 0 aliphatic carbocycles. The van der Waals surface area contributed by atoms with E-state index in [-0.39, 0.29) is 11.2 Å². The fourth-order valence-corrected chi connectivity index (χ4v) is 1.52. The Hall–Kier alpha value is -1.10. The Balaban J connectivity index is 3.01. The topological polar surface area (TPSA) is 67.9 Å². The van der Waals surface area contributed by atoms with Crippen LogP contribution < -0.4 is 10.6 Å². The van der Waals surface area contributed by atoms with Gasteiger partial charge in [0.25, 0.3) is 0 Å². The van der Waals surface area contributed by atoms with E-state index < -0.39 is 0 Å². The first kappa shape index (κ1) is 12.0. The molecule has 0 saturated heterocycles. The maximum absolute atomic E-state index is 5.73. The van der Waals surface area contributed by atoms with Crippen LogP contribution in [-0.2, 0) is 0 Å². The van der Waals surface area contributed by atoms with Crippen molar-refractivity contribution in [3.8, 4) is 0 Å². The minimum absolute atomic E-state index is 0.138. The van der Waals surface area contributed by atoms with Gasteiger partial charge in [0.15, 0.2) is 0 Å². The standard InChI is InChI=1S/C9H16ClN5/c1-4-6(3)15(5-2)9-13-7(10)12-8(11)14-9/h6H,4-5H2,1-3H3,(H2,11,12,13,14). The highest BCUT2D eigenvalue weighted by atomic mass is 35.5. The molecule has 84 valence electrons. The number of halogens is 1. The normalized spacial score (nSPS) is 12.5. The molecule has 1 rings (SSSR count). The molecule has 1 aromatic rings. The van der Waals surface area contributed by atoms with Crippen LogP contribution in [0.5, 0.6) is 0 Å². The molecule has 1 aromatic heterocycles. The largest absolute Gasteiger partial charge is 0.368 e. The van der Waals surface area contributed by atoms with E-state index in [0.29, 0.717) is 12.0 Å². The van der Waals surface area contributed by atoms with Gasteiger partial charge in [0.05, 0.1) is 0 Å². The summed E-state index contributed by atoms with van der Waals surface area (Å²) in [6, 6.07) is 0.355. The third-order valence-corrected chi connectivity index (χ3v) is 2.50. The lowest BCUT2D eigenvalue weighted by Crippen LogP contribution is -2.34. The Bertz CT molecular complexity index is 310. The Morgan fingerprint density at radius 3 is 2.47 bits per heavy atom. The van der Waals surface area contributed by atoms with E-state index >= 15 is 0 Å². The molecule has 1 atom stereocenters. The predicted molar refractivity (Wildman–Crippen MR) is 62.0 cm³/mol. The van der Waals surface area contributed by atoms with Crippen molar-refractivity contribution in [1.29, 1.82) is 0 Å². The summed E-state index contributed by atoms with van der Waals surface area (Å²) < 4.78 is 0. The smallest absolute Gasteiger partial charge is 0.231 e. The van der Waals surface area contributed by atoms with Crippen molar-refractivity contribution in [3.63, 3.8) is 0 Å². The Morgan fingerprint density at radius 2 is 2.00 bits per heavy atom. The van der Waals surface area contributed by atoms with Gasteiger partial charge in [-0.15, -0.1) is 0 Å². The van der Waals surface area contributed by atoms with Crippen molar-refractivity contribution in [2.75, 3.05) is 17.2 Å². The summed E-state index contributed by atoms with van der Waals surface area (Å²) in [6.45, 7) is 7.08. The lowest BCUT2D eigenvalue weighted by Gasteiger charge is -2.26. The van der Waals surface area contributed by atoms with Gasteiger partial charge in [0.2, 0.25) is 17.2 Å². The quantitative estimate of drug-likeness (QED) is 0.852. The molecule has 0 saturated carbocycles. The van der Waals surface area contributed by atoms with Crippen LogP contribution in [0, 0.1) is 0 Å². The van der Waals surface area contributed by atoms with E-state index in [4.69, 9.17) is 17.3 Å². The molecule has 1 unspecified atom stereocenters. The maximum Gasteiger partial charge on any atom is 0.231 e. The van der Waals surface area contributed by atoms with E-state index in [1.165, 1.54) is 0 Å². The van der Waals surface area contributed by atoms with Crippen molar-refractivity contribution in [2.24, 2.45) is 0 Å². The van der Waals surface area contributed by atoms with Gasteiger partial charge in [0, 0.05) is 12.6 Å². The highest BCUT2D eigenvalue weighted by molar-refractivity contribution is 6.28. The van der Waals surface area contributed by atoms with Crippen molar-refractivity contribution in [2.45, 2.75) is 33.2 Å². The monoisotopic (exact) mass is 229 g/mol.